The lowest BCUT2D eigenvalue weighted by molar-refractivity contribution is 0.194. The maximum Gasteiger partial charge on any atom is 0.253 e. The van der Waals surface area contributed by atoms with E-state index in [9.17, 15) is 4.79 Å². The summed E-state index contributed by atoms with van der Waals surface area (Å²) < 4.78 is 1.48. The first-order valence-electron chi connectivity index (χ1n) is 8.40. The van der Waals surface area contributed by atoms with Crippen molar-refractivity contribution >= 4 is 5.82 Å². The first kappa shape index (κ1) is 15.3. The van der Waals surface area contributed by atoms with Crippen LogP contribution >= 0.6 is 0 Å². The average Bonchev–Trinajstić information content (AvgIpc) is 3.35. The fraction of sp³-hybridized carbons (Fsp3) is 0.529. The summed E-state index contributed by atoms with van der Waals surface area (Å²) in [6.07, 6.45) is 4.08. The standard InChI is InChI=1S/C17H22N6O/c1-21(8-13-7-17(24)22(2)11-18-13)14-9-23(10-14)16-6-5-15(19-20-16)12-3-4-12/h5-7,11-12,14H,3-4,8-10H2,1-2H3. The minimum absolute atomic E-state index is 0.0188. The van der Waals surface area contributed by atoms with Crippen LogP contribution in [0.1, 0.15) is 30.1 Å². The third-order valence-electron chi connectivity index (χ3n) is 4.92. The lowest BCUT2D eigenvalue weighted by Gasteiger charge is -2.44. The van der Waals surface area contributed by atoms with Gasteiger partial charge < -0.3 is 9.47 Å². The van der Waals surface area contributed by atoms with Crippen LogP contribution in [0.2, 0.25) is 0 Å². The largest absolute Gasteiger partial charge is 0.352 e. The predicted molar refractivity (Wildman–Crippen MR) is 91.0 cm³/mol. The molecule has 126 valence electrons. The molecule has 4 rings (SSSR count). The molecule has 1 saturated heterocycles. The maximum absolute atomic E-state index is 11.7. The van der Waals surface area contributed by atoms with Gasteiger partial charge in [0.1, 0.15) is 0 Å². The Kier molecular flexibility index (Phi) is 3.80. The van der Waals surface area contributed by atoms with Crippen molar-refractivity contribution in [2.45, 2.75) is 31.3 Å². The van der Waals surface area contributed by atoms with Crippen molar-refractivity contribution < 1.29 is 0 Å². The second-order valence-corrected chi connectivity index (χ2v) is 6.89. The quantitative estimate of drug-likeness (QED) is 0.808. The van der Waals surface area contributed by atoms with Gasteiger partial charge in [-0.2, -0.15) is 5.10 Å². The van der Waals surface area contributed by atoms with E-state index in [4.69, 9.17) is 0 Å². The Balaban J connectivity index is 1.32. The van der Waals surface area contributed by atoms with Crippen molar-refractivity contribution in [3.8, 4) is 0 Å². The van der Waals surface area contributed by atoms with E-state index in [1.165, 1.54) is 17.4 Å². The van der Waals surface area contributed by atoms with Crippen LogP contribution in [0.25, 0.3) is 0 Å². The van der Waals surface area contributed by atoms with Gasteiger partial charge in [0, 0.05) is 44.7 Å². The van der Waals surface area contributed by atoms with Crippen LogP contribution in [0.4, 0.5) is 5.82 Å². The molecule has 0 amide bonds. The highest BCUT2D eigenvalue weighted by Gasteiger charge is 2.32. The van der Waals surface area contributed by atoms with Crippen LogP contribution in [0.3, 0.4) is 0 Å². The smallest absolute Gasteiger partial charge is 0.253 e. The summed E-state index contributed by atoms with van der Waals surface area (Å²) in [5.41, 5.74) is 1.92. The van der Waals surface area contributed by atoms with Crippen LogP contribution in [-0.2, 0) is 13.6 Å². The Labute approximate surface area is 140 Å². The zero-order valence-electron chi connectivity index (χ0n) is 14.1. The molecule has 2 aromatic rings. The van der Waals surface area contributed by atoms with Gasteiger partial charge in [-0.3, -0.25) is 9.69 Å². The molecule has 7 nitrogen and oxygen atoms in total. The molecule has 2 aliphatic rings. The summed E-state index contributed by atoms with van der Waals surface area (Å²) in [6.45, 7) is 2.54. The fourth-order valence-electron chi connectivity index (χ4n) is 2.99. The van der Waals surface area contributed by atoms with E-state index >= 15 is 0 Å². The van der Waals surface area contributed by atoms with Gasteiger partial charge in [0.05, 0.1) is 17.7 Å². The van der Waals surface area contributed by atoms with E-state index < -0.39 is 0 Å². The molecule has 2 aromatic heterocycles. The molecular weight excluding hydrogens is 304 g/mol. The molecule has 7 heteroatoms. The number of hydrogen-bond acceptors (Lipinski definition) is 6. The second-order valence-electron chi connectivity index (χ2n) is 6.89. The number of aryl methyl sites for hydroxylation is 1. The normalized spacial score (nSPS) is 18.0. The molecule has 0 aromatic carbocycles. The molecule has 1 aliphatic heterocycles. The number of aromatic nitrogens is 4. The van der Waals surface area contributed by atoms with Crippen LogP contribution in [-0.4, -0.2) is 50.8 Å². The molecule has 2 fully saturated rings. The van der Waals surface area contributed by atoms with Crippen molar-refractivity contribution in [3.63, 3.8) is 0 Å². The lowest BCUT2D eigenvalue weighted by atomic mass is 10.1. The number of nitrogens with zero attached hydrogens (tertiary/aromatic N) is 6. The van der Waals surface area contributed by atoms with Gasteiger partial charge in [0.25, 0.3) is 5.56 Å². The van der Waals surface area contributed by atoms with Crippen molar-refractivity contribution in [2.24, 2.45) is 7.05 Å². The molecule has 0 N–H and O–H groups in total. The summed E-state index contributed by atoms with van der Waals surface area (Å²) >= 11 is 0. The Morgan fingerprint density at radius 2 is 2.04 bits per heavy atom. The van der Waals surface area contributed by atoms with E-state index in [0.717, 1.165) is 30.3 Å². The zero-order valence-corrected chi connectivity index (χ0v) is 14.1. The first-order chi connectivity index (χ1) is 11.6. The monoisotopic (exact) mass is 326 g/mol. The number of likely N-dealkylation sites (N-methyl/N-ethyl adjacent to an activating group) is 1. The van der Waals surface area contributed by atoms with E-state index in [1.807, 2.05) is 0 Å². The van der Waals surface area contributed by atoms with Crippen LogP contribution in [0.15, 0.2) is 29.3 Å². The van der Waals surface area contributed by atoms with Crippen LogP contribution in [0.5, 0.6) is 0 Å². The lowest BCUT2D eigenvalue weighted by Crippen LogP contribution is -2.58. The topological polar surface area (TPSA) is 67.2 Å². The summed E-state index contributed by atoms with van der Waals surface area (Å²) in [4.78, 5) is 20.5. The van der Waals surface area contributed by atoms with Crippen molar-refractivity contribution in [3.05, 3.63) is 46.3 Å². The molecule has 0 unspecified atom stereocenters. The van der Waals surface area contributed by atoms with Gasteiger partial charge in [-0.05, 0) is 32.0 Å². The zero-order chi connectivity index (χ0) is 16.7. The van der Waals surface area contributed by atoms with Crippen LogP contribution < -0.4 is 10.5 Å². The average molecular weight is 326 g/mol. The fourth-order valence-corrected chi connectivity index (χ4v) is 2.99. The Morgan fingerprint density at radius 1 is 1.25 bits per heavy atom. The van der Waals surface area contributed by atoms with Gasteiger partial charge in [-0.1, -0.05) is 0 Å². The van der Waals surface area contributed by atoms with Crippen LogP contribution in [0, 0.1) is 0 Å². The van der Waals surface area contributed by atoms with Crippen molar-refractivity contribution in [1.82, 2.24) is 24.6 Å². The van der Waals surface area contributed by atoms with Crippen molar-refractivity contribution in [2.75, 3.05) is 25.0 Å². The van der Waals surface area contributed by atoms with Gasteiger partial charge in [0.2, 0.25) is 0 Å². The molecular formula is C17H22N6O. The summed E-state index contributed by atoms with van der Waals surface area (Å²) in [7, 11) is 3.78. The molecule has 0 spiro atoms. The molecule has 0 radical (unpaired) electrons. The predicted octanol–water partition coefficient (Wildman–Crippen LogP) is 0.768. The SMILES string of the molecule is CN(Cc1cc(=O)n(C)cn1)C1CN(c2ccc(C3CC3)nn2)C1. The van der Waals surface area contributed by atoms with E-state index in [2.05, 4.69) is 44.2 Å². The molecule has 0 bridgehead atoms. The first-order valence-corrected chi connectivity index (χ1v) is 8.40. The number of rotatable bonds is 5. The molecule has 0 atom stereocenters. The van der Waals surface area contributed by atoms with E-state index in [0.29, 0.717) is 18.5 Å². The summed E-state index contributed by atoms with van der Waals surface area (Å²) in [5.74, 6) is 1.60. The third-order valence-corrected chi connectivity index (χ3v) is 4.92. The van der Waals surface area contributed by atoms with Gasteiger partial charge in [-0.15, -0.1) is 5.10 Å². The second kappa shape index (κ2) is 5.98. The molecule has 1 saturated carbocycles. The van der Waals surface area contributed by atoms with E-state index in [-0.39, 0.29) is 5.56 Å². The summed E-state index contributed by atoms with van der Waals surface area (Å²) in [5, 5.41) is 8.71. The Bertz CT molecular complexity index is 776. The Hall–Kier alpha value is -2.28. The number of hydrogen-bond donors (Lipinski definition) is 0. The van der Waals surface area contributed by atoms with Gasteiger partial charge >= 0.3 is 0 Å². The minimum Gasteiger partial charge on any atom is -0.352 e. The highest BCUT2D eigenvalue weighted by atomic mass is 16.1. The van der Waals surface area contributed by atoms with Gasteiger partial charge in [-0.25, -0.2) is 4.98 Å². The number of anilines is 1. The molecule has 1 aliphatic carbocycles. The third kappa shape index (κ3) is 3.03. The molecule has 24 heavy (non-hydrogen) atoms. The summed E-state index contributed by atoms with van der Waals surface area (Å²) in [6, 6.07) is 6.25. The molecule has 3 heterocycles. The van der Waals surface area contributed by atoms with E-state index in [1.54, 1.807) is 19.4 Å². The Morgan fingerprint density at radius 3 is 2.67 bits per heavy atom. The highest BCUT2D eigenvalue weighted by Crippen LogP contribution is 2.38. The highest BCUT2D eigenvalue weighted by molar-refractivity contribution is 5.42. The van der Waals surface area contributed by atoms with Gasteiger partial charge in [0.15, 0.2) is 5.82 Å². The minimum atomic E-state index is -0.0188. The maximum atomic E-state index is 11.7. The van der Waals surface area contributed by atoms with Crippen molar-refractivity contribution in [1.29, 1.82) is 0 Å².